The molecule has 106 valence electrons. The lowest BCUT2D eigenvalue weighted by molar-refractivity contribution is 0.295. The minimum Gasteiger partial charge on any atom is -0.497 e. The van der Waals surface area contributed by atoms with Crippen molar-refractivity contribution >= 4 is 0 Å². The SMILES string of the molecule is COc1ccc(OCCn2cnc3c2CCCC3)cc1. The Morgan fingerprint density at radius 1 is 1.10 bits per heavy atom. The van der Waals surface area contributed by atoms with E-state index in [1.54, 1.807) is 7.11 Å². The zero-order valence-electron chi connectivity index (χ0n) is 11.8. The van der Waals surface area contributed by atoms with Crippen molar-refractivity contribution in [2.75, 3.05) is 13.7 Å². The van der Waals surface area contributed by atoms with Gasteiger partial charge in [-0.15, -0.1) is 0 Å². The molecular formula is C16H20N2O2. The van der Waals surface area contributed by atoms with E-state index in [9.17, 15) is 0 Å². The number of ether oxygens (including phenoxy) is 2. The Morgan fingerprint density at radius 2 is 1.85 bits per heavy atom. The molecule has 4 heteroatoms. The van der Waals surface area contributed by atoms with Crippen molar-refractivity contribution < 1.29 is 9.47 Å². The van der Waals surface area contributed by atoms with Gasteiger partial charge in [-0.3, -0.25) is 0 Å². The first kappa shape index (κ1) is 13.0. The molecule has 0 radical (unpaired) electrons. The highest BCUT2D eigenvalue weighted by atomic mass is 16.5. The van der Waals surface area contributed by atoms with Gasteiger partial charge < -0.3 is 14.0 Å². The summed E-state index contributed by atoms with van der Waals surface area (Å²) in [5.74, 6) is 1.72. The van der Waals surface area contributed by atoms with E-state index in [2.05, 4.69) is 9.55 Å². The van der Waals surface area contributed by atoms with Crippen LogP contribution in [0.5, 0.6) is 11.5 Å². The maximum absolute atomic E-state index is 5.77. The molecule has 1 aliphatic carbocycles. The molecule has 1 aliphatic rings. The number of aromatic nitrogens is 2. The van der Waals surface area contributed by atoms with Crippen LogP contribution in [0.2, 0.25) is 0 Å². The summed E-state index contributed by atoms with van der Waals surface area (Å²) in [6.45, 7) is 1.52. The molecule has 1 heterocycles. The summed E-state index contributed by atoms with van der Waals surface area (Å²) < 4.78 is 13.1. The summed E-state index contributed by atoms with van der Waals surface area (Å²) in [7, 11) is 1.66. The fraction of sp³-hybridized carbons (Fsp3) is 0.438. The molecule has 0 saturated carbocycles. The Balaban J connectivity index is 1.55. The van der Waals surface area contributed by atoms with E-state index in [1.807, 2.05) is 30.6 Å². The third-order valence-corrected chi connectivity index (χ3v) is 3.77. The normalized spacial score (nSPS) is 13.8. The molecule has 0 spiro atoms. The van der Waals surface area contributed by atoms with Crippen LogP contribution in [-0.4, -0.2) is 23.3 Å². The third kappa shape index (κ3) is 2.79. The van der Waals surface area contributed by atoms with Gasteiger partial charge in [0.05, 0.1) is 25.7 Å². The highest BCUT2D eigenvalue weighted by Crippen LogP contribution is 2.20. The standard InChI is InChI=1S/C16H20N2O2/c1-19-13-6-8-14(9-7-13)20-11-10-18-12-17-15-4-2-3-5-16(15)18/h6-9,12H,2-5,10-11H2,1H3. The quantitative estimate of drug-likeness (QED) is 0.839. The van der Waals surface area contributed by atoms with Crippen LogP contribution in [0, 0.1) is 0 Å². The number of rotatable bonds is 5. The van der Waals surface area contributed by atoms with Crippen LogP contribution in [0.1, 0.15) is 24.2 Å². The molecule has 0 amide bonds. The predicted octanol–water partition coefficient (Wildman–Crippen LogP) is 2.85. The Hall–Kier alpha value is -1.97. The van der Waals surface area contributed by atoms with Gasteiger partial charge in [-0.2, -0.15) is 0 Å². The van der Waals surface area contributed by atoms with Crippen LogP contribution in [0.3, 0.4) is 0 Å². The molecule has 1 aromatic heterocycles. The van der Waals surface area contributed by atoms with Crippen LogP contribution in [0.4, 0.5) is 0 Å². The van der Waals surface area contributed by atoms with E-state index in [0.29, 0.717) is 6.61 Å². The lowest BCUT2D eigenvalue weighted by Crippen LogP contribution is -2.12. The first-order valence-corrected chi connectivity index (χ1v) is 7.16. The summed E-state index contributed by atoms with van der Waals surface area (Å²) in [6.07, 6.45) is 6.78. The van der Waals surface area contributed by atoms with Gasteiger partial charge in [-0.25, -0.2) is 4.98 Å². The zero-order chi connectivity index (χ0) is 13.8. The van der Waals surface area contributed by atoms with Gasteiger partial charge in [0.15, 0.2) is 0 Å². The number of aryl methyl sites for hydroxylation is 1. The fourth-order valence-electron chi connectivity index (χ4n) is 2.66. The molecule has 2 aromatic rings. The summed E-state index contributed by atoms with van der Waals surface area (Å²) in [4.78, 5) is 4.50. The first-order valence-electron chi connectivity index (χ1n) is 7.16. The van der Waals surface area contributed by atoms with E-state index in [1.165, 1.54) is 24.2 Å². The van der Waals surface area contributed by atoms with Crippen molar-refractivity contribution in [2.45, 2.75) is 32.2 Å². The van der Waals surface area contributed by atoms with Crippen molar-refractivity contribution in [3.8, 4) is 11.5 Å². The minimum atomic E-state index is 0.662. The highest BCUT2D eigenvalue weighted by molar-refractivity contribution is 5.31. The van der Waals surface area contributed by atoms with E-state index in [0.717, 1.165) is 30.9 Å². The molecule has 0 fully saturated rings. The molecule has 20 heavy (non-hydrogen) atoms. The number of hydrogen-bond donors (Lipinski definition) is 0. The van der Waals surface area contributed by atoms with Gasteiger partial charge in [0.1, 0.15) is 18.1 Å². The molecule has 0 bridgehead atoms. The van der Waals surface area contributed by atoms with Gasteiger partial charge in [0, 0.05) is 5.69 Å². The predicted molar refractivity (Wildman–Crippen MR) is 77.4 cm³/mol. The van der Waals surface area contributed by atoms with E-state index in [4.69, 9.17) is 9.47 Å². The number of hydrogen-bond acceptors (Lipinski definition) is 3. The van der Waals surface area contributed by atoms with Gasteiger partial charge in [0.2, 0.25) is 0 Å². The molecule has 1 aromatic carbocycles. The summed E-state index contributed by atoms with van der Waals surface area (Å²) in [5.41, 5.74) is 2.68. The van der Waals surface area contributed by atoms with Gasteiger partial charge in [0.25, 0.3) is 0 Å². The summed E-state index contributed by atoms with van der Waals surface area (Å²) in [6, 6.07) is 7.69. The Morgan fingerprint density at radius 3 is 2.65 bits per heavy atom. The molecule has 0 aliphatic heterocycles. The molecule has 4 nitrogen and oxygen atoms in total. The lowest BCUT2D eigenvalue weighted by atomic mass is 10.0. The Kier molecular flexibility index (Phi) is 3.90. The molecule has 3 rings (SSSR count). The Bertz CT molecular complexity index is 560. The molecule has 0 N–H and O–H groups in total. The number of fused-ring (bicyclic) bond motifs is 1. The smallest absolute Gasteiger partial charge is 0.119 e. The van der Waals surface area contributed by atoms with Crippen molar-refractivity contribution in [2.24, 2.45) is 0 Å². The second-order valence-corrected chi connectivity index (χ2v) is 5.06. The number of nitrogens with zero attached hydrogens (tertiary/aromatic N) is 2. The Labute approximate surface area is 119 Å². The molecular weight excluding hydrogens is 252 g/mol. The van der Waals surface area contributed by atoms with Gasteiger partial charge in [-0.1, -0.05) is 0 Å². The summed E-state index contributed by atoms with van der Waals surface area (Å²) in [5, 5.41) is 0. The van der Waals surface area contributed by atoms with E-state index >= 15 is 0 Å². The average Bonchev–Trinajstić information content (AvgIpc) is 2.92. The van der Waals surface area contributed by atoms with Crippen molar-refractivity contribution in [3.63, 3.8) is 0 Å². The highest BCUT2D eigenvalue weighted by Gasteiger charge is 2.14. The largest absolute Gasteiger partial charge is 0.497 e. The lowest BCUT2D eigenvalue weighted by Gasteiger charge is -2.14. The van der Waals surface area contributed by atoms with Gasteiger partial charge in [-0.05, 0) is 49.9 Å². The van der Waals surface area contributed by atoms with Crippen LogP contribution in [0.25, 0.3) is 0 Å². The van der Waals surface area contributed by atoms with Crippen LogP contribution in [0.15, 0.2) is 30.6 Å². The van der Waals surface area contributed by atoms with Crippen molar-refractivity contribution in [1.29, 1.82) is 0 Å². The molecule has 0 saturated heterocycles. The molecule has 0 unspecified atom stereocenters. The van der Waals surface area contributed by atoms with Crippen molar-refractivity contribution in [1.82, 2.24) is 9.55 Å². The zero-order valence-corrected chi connectivity index (χ0v) is 11.8. The third-order valence-electron chi connectivity index (χ3n) is 3.77. The van der Waals surface area contributed by atoms with Gasteiger partial charge >= 0.3 is 0 Å². The average molecular weight is 272 g/mol. The van der Waals surface area contributed by atoms with Crippen LogP contribution in [-0.2, 0) is 19.4 Å². The maximum Gasteiger partial charge on any atom is 0.119 e. The number of methoxy groups -OCH3 is 1. The van der Waals surface area contributed by atoms with Crippen LogP contribution < -0.4 is 9.47 Å². The second-order valence-electron chi connectivity index (χ2n) is 5.06. The monoisotopic (exact) mass is 272 g/mol. The number of imidazole rings is 1. The fourth-order valence-corrected chi connectivity index (χ4v) is 2.66. The number of benzene rings is 1. The van der Waals surface area contributed by atoms with E-state index in [-0.39, 0.29) is 0 Å². The maximum atomic E-state index is 5.77. The minimum absolute atomic E-state index is 0.662. The van der Waals surface area contributed by atoms with Crippen molar-refractivity contribution in [3.05, 3.63) is 42.0 Å². The topological polar surface area (TPSA) is 36.3 Å². The first-order chi connectivity index (χ1) is 9.86. The second kappa shape index (κ2) is 5.99. The summed E-state index contributed by atoms with van der Waals surface area (Å²) >= 11 is 0. The van der Waals surface area contributed by atoms with Crippen LogP contribution >= 0.6 is 0 Å². The molecule has 0 atom stereocenters. The van der Waals surface area contributed by atoms with E-state index < -0.39 is 0 Å².